The van der Waals surface area contributed by atoms with Crippen LogP contribution in [-0.4, -0.2) is 17.6 Å². The Morgan fingerprint density at radius 2 is 1.95 bits per heavy atom. The molecule has 0 unspecified atom stereocenters. The van der Waals surface area contributed by atoms with Crippen molar-refractivity contribution in [2.75, 3.05) is 6.54 Å². The Morgan fingerprint density at radius 3 is 2.65 bits per heavy atom. The van der Waals surface area contributed by atoms with E-state index in [9.17, 15) is 0 Å². The third-order valence-corrected chi connectivity index (χ3v) is 3.64. The van der Waals surface area contributed by atoms with E-state index in [2.05, 4.69) is 42.3 Å². The van der Waals surface area contributed by atoms with Crippen molar-refractivity contribution < 1.29 is 4.42 Å². The summed E-state index contributed by atoms with van der Waals surface area (Å²) in [5, 5.41) is 3.51. The van der Waals surface area contributed by atoms with Gasteiger partial charge < -0.3 is 9.73 Å². The first-order valence-electron chi connectivity index (χ1n) is 7.47. The number of nitrogens with zero attached hydrogens (tertiary/aromatic N) is 1. The molecule has 0 atom stereocenters. The molecule has 2 aromatic rings. The van der Waals surface area contributed by atoms with E-state index in [1.807, 2.05) is 6.20 Å². The van der Waals surface area contributed by atoms with Gasteiger partial charge in [0.1, 0.15) is 0 Å². The number of rotatable bonds is 6. The van der Waals surface area contributed by atoms with E-state index in [1.54, 1.807) is 0 Å². The predicted octanol–water partition coefficient (Wildman–Crippen LogP) is 3.64. The largest absolute Gasteiger partial charge is 0.441 e. The molecule has 1 fully saturated rings. The third kappa shape index (κ3) is 3.48. The van der Waals surface area contributed by atoms with E-state index < -0.39 is 0 Å². The van der Waals surface area contributed by atoms with E-state index in [-0.39, 0.29) is 0 Å². The number of aromatic nitrogens is 1. The van der Waals surface area contributed by atoms with Crippen LogP contribution in [0.1, 0.15) is 36.3 Å². The average molecular weight is 270 g/mol. The summed E-state index contributed by atoms with van der Waals surface area (Å²) in [5.74, 6) is 1.72. The van der Waals surface area contributed by atoms with Gasteiger partial charge in [0, 0.05) is 18.0 Å². The van der Waals surface area contributed by atoms with Crippen LogP contribution < -0.4 is 5.32 Å². The lowest BCUT2D eigenvalue weighted by molar-refractivity contribution is 0.491. The van der Waals surface area contributed by atoms with Crippen molar-refractivity contribution >= 4 is 0 Å². The SMILES string of the molecule is Cc1cc(C)cc(-c2cnc(CCCNC3CC3)o2)c1. The molecule has 0 bridgehead atoms. The minimum absolute atomic E-state index is 0.783. The second kappa shape index (κ2) is 5.80. The summed E-state index contributed by atoms with van der Waals surface area (Å²) in [6, 6.07) is 7.24. The van der Waals surface area contributed by atoms with Gasteiger partial charge in [-0.1, -0.05) is 17.2 Å². The molecule has 20 heavy (non-hydrogen) atoms. The number of benzene rings is 1. The minimum Gasteiger partial charge on any atom is -0.441 e. The maximum absolute atomic E-state index is 5.86. The molecular weight excluding hydrogens is 248 g/mol. The van der Waals surface area contributed by atoms with Gasteiger partial charge in [-0.25, -0.2) is 4.98 Å². The van der Waals surface area contributed by atoms with E-state index in [0.717, 1.165) is 42.6 Å². The van der Waals surface area contributed by atoms with Gasteiger partial charge >= 0.3 is 0 Å². The Hall–Kier alpha value is -1.61. The summed E-state index contributed by atoms with van der Waals surface area (Å²) in [5.41, 5.74) is 3.63. The third-order valence-electron chi connectivity index (χ3n) is 3.64. The van der Waals surface area contributed by atoms with Crippen molar-refractivity contribution in [1.29, 1.82) is 0 Å². The second-order valence-electron chi connectivity index (χ2n) is 5.83. The van der Waals surface area contributed by atoms with Crippen LogP contribution in [-0.2, 0) is 6.42 Å². The van der Waals surface area contributed by atoms with Crippen molar-refractivity contribution in [3.8, 4) is 11.3 Å². The molecule has 1 aromatic heterocycles. The quantitative estimate of drug-likeness (QED) is 0.814. The number of hydrogen-bond donors (Lipinski definition) is 1. The average Bonchev–Trinajstić information content (AvgIpc) is 3.10. The molecule has 1 aromatic carbocycles. The van der Waals surface area contributed by atoms with E-state index >= 15 is 0 Å². The van der Waals surface area contributed by atoms with Crippen molar-refractivity contribution in [2.24, 2.45) is 0 Å². The maximum Gasteiger partial charge on any atom is 0.194 e. The Labute approximate surface area is 120 Å². The molecule has 0 amide bonds. The maximum atomic E-state index is 5.86. The highest BCUT2D eigenvalue weighted by Crippen LogP contribution is 2.23. The van der Waals surface area contributed by atoms with Crippen LogP contribution >= 0.6 is 0 Å². The Balaban J connectivity index is 1.60. The molecule has 0 radical (unpaired) electrons. The van der Waals surface area contributed by atoms with Crippen molar-refractivity contribution in [3.63, 3.8) is 0 Å². The monoisotopic (exact) mass is 270 g/mol. The fourth-order valence-electron chi connectivity index (χ4n) is 2.51. The number of hydrogen-bond acceptors (Lipinski definition) is 3. The molecule has 1 saturated carbocycles. The van der Waals surface area contributed by atoms with Crippen molar-refractivity contribution in [3.05, 3.63) is 41.4 Å². The fourth-order valence-corrected chi connectivity index (χ4v) is 2.51. The van der Waals surface area contributed by atoms with Crippen LogP contribution in [0.4, 0.5) is 0 Å². The van der Waals surface area contributed by atoms with E-state index in [0.29, 0.717) is 0 Å². The first-order valence-corrected chi connectivity index (χ1v) is 7.47. The van der Waals surface area contributed by atoms with Gasteiger partial charge in [0.15, 0.2) is 11.7 Å². The molecule has 1 N–H and O–H groups in total. The lowest BCUT2D eigenvalue weighted by atomic mass is 10.1. The molecule has 1 aliphatic carbocycles. The zero-order valence-electron chi connectivity index (χ0n) is 12.3. The molecule has 0 aliphatic heterocycles. The van der Waals surface area contributed by atoms with Gasteiger partial charge in [0.2, 0.25) is 0 Å². The van der Waals surface area contributed by atoms with Crippen molar-refractivity contribution in [2.45, 2.75) is 45.6 Å². The van der Waals surface area contributed by atoms with Crippen LogP contribution in [0.5, 0.6) is 0 Å². The molecule has 106 valence electrons. The lowest BCUT2D eigenvalue weighted by Crippen LogP contribution is -2.17. The standard InChI is InChI=1S/C17H22N2O/c1-12-8-13(2)10-14(9-12)16-11-19-17(20-16)4-3-7-18-15-5-6-15/h8-11,15,18H,3-7H2,1-2H3. The van der Waals surface area contributed by atoms with Crippen LogP contribution in [0.3, 0.4) is 0 Å². The molecular formula is C17H22N2O. The first kappa shape index (κ1) is 13.4. The minimum atomic E-state index is 0.783. The van der Waals surface area contributed by atoms with E-state index in [1.165, 1.54) is 24.0 Å². The highest BCUT2D eigenvalue weighted by molar-refractivity contribution is 5.58. The zero-order chi connectivity index (χ0) is 13.9. The molecule has 1 aliphatic rings. The number of oxazole rings is 1. The summed E-state index contributed by atoms with van der Waals surface area (Å²) in [7, 11) is 0. The van der Waals surface area contributed by atoms with Crippen LogP contribution in [0.15, 0.2) is 28.8 Å². The number of nitrogens with one attached hydrogen (secondary N) is 1. The van der Waals surface area contributed by atoms with Gasteiger partial charge in [0.25, 0.3) is 0 Å². The Bertz CT molecular complexity index is 564. The predicted molar refractivity (Wildman–Crippen MR) is 80.8 cm³/mol. The van der Waals surface area contributed by atoms with E-state index in [4.69, 9.17) is 4.42 Å². The van der Waals surface area contributed by atoms with Gasteiger partial charge in [0.05, 0.1) is 6.20 Å². The normalized spacial score (nSPS) is 14.7. The zero-order valence-corrected chi connectivity index (χ0v) is 12.3. The Morgan fingerprint density at radius 1 is 1.20 bits per heavy atom. The Kier molecular flexibility index (Phi) is 3.88. The summed E-state index contributed by atoms with van der Waals surface area (Å²) in [6.45, 7) is 5.28. The van der Waals surface area contributed by atoms with Crippen molar-refractivity contribution in [1.82, 2.24) is 10.3 Å². The fraction of sp³-hybridized carbons (Fsp3) is 0.471. The summed E-state index contributed by atoms with van der Waals surface area (Å²) >= 11 is 0. The molecule has 3 rings (SSSR count). The summed E-state index contributed by atoms with van der Waals surface area (Å²) in [4.78, 5) is 4.39. The second-order valence-corrected chi connectivity index (χ2v) is 5.83. The molecule has 3 heteroatoms. The number of aryl methyl sites for hydroxylation is 3. The molecule has 1 heterocycles. The molecule has 0 saturated heterocycles. The van der Waals surface area contributed by atoms with Crippen LogP contribution in [0, 0.1) is 13.8 Å². The molecule has 3 nitrogen and oxygen atoms in total. The van der Waals surface area contributed by atoms with Crippen LogP contribution in [0.25, 0.3) is 11.3 Å². The van der Waals surface area contributed by atoms with Crippen LogP contribution in [0.2, 0.25) is 0 Å². The van der Waals surface area contributed by atoms with Gasteiger partial charge in [-0.05, 0) is 51.8 Å². The molecule has 0 spiro atoms. The highest BCUT2D eigenvalue weighted by Gasteiger charge is 2.19. The lowest BCUT2D eigenvalue weighted by Gasteiger charge is -2.02. The smallest absolute Gasteiger partial charge is 0.194 e. The topological polar surface area (TPSA) is 38.1 Å². The highest BCUT2D eigenvalue weighted by atomic mass is 16.4. The first-order chi connectivity index (χ1) is 9.70. The summed E-state index contributed by atoms with van der Waals surface area (Å²) in [6.07, 6.45) is 6.53. The van der Waals surface area contributed by atoms with Gasteiger partial charge in [-0.3, -0.25) is 0 Å². The summed E-state index contributed by atoms with van der Waals surface area (Å²) < 4.78 is 5.86. The van der Waals surface area contributed by atoms with Gasteiger partial charge in [-0.15, -0.1) is 0 Å². The van der Waals surface area contributed by atoms with Gasteiger partial charge in [-0.2, -0.15) is 0 Å².